The molecular weight excluding hydrogens is 220 g/mol. The molecule has 0 radical (unpaired) electrons. The van der Waals surface area contributed by atoms with E-state index in [0.717, 1.165) is 45.5 Å². The minimum atomic E-state index is -0.189. The van der Waals surface area contributed by atoms with Gasteiger partial charge in [0.1, 0.15) is 0 Å². The van der Waals surface area contributed by atoms with Crippen LogP contribution in [-0.2, 0) is 14.2 Å². The van der Waals surface area contributed by atoms with Crippen LogP contribution in [0.5, 0.6) is 0 Å². The van der Waals surface area contributed by atoms with E-state index in [9.17, 15) is 5.11 Å². The van der Waals surface area contributed by atoms with Crippen molar-refractivity contribution in [3.05, 3.63) is 0 Å². The highest BCUT2D eigenvalue weighted by molar-refractivity contribution is 4.93. The first kappa shape index (κ1) is 11.9. The Morgan fingerprint density at radius 1 is 1.06 bits per heavy atom. The summed E-state index contributed by atoms with van der Waals surface area (Å²) in [5.74, 6) is 0.825. The van der Waals surface area contributed by atoms with E-state index in [2.05, 4.69) is 0 Å². The van der Waals surface area contributed by atoms with E-state index in [0.29, 0.717) is 25.0 Å². The van der Waals surface area contributed by atoms with E-state index in [4.69, 9.17) is 14.2 Å². The van der Waals surface area contributed by atoms with Crippen LogP contribution in [0.1, 0.15) is 25.7 Å². The lowest BCUT2D eigenvalue weighted by molar-refractivity contribution is -0.134. The maximum atomic E-state index is 10.1. The smallest absolute Gasteiger partial charge is 0.0939 e. The van der Waals surface area contributed by atoms with Crippen LogP contribution in [0, 0.1) is 11.8 Å². The van der Waals surface area contributed by atoms with Gasteiger partial charge in [-0.05, 0) is 25.2 Å². The molecule has 3 heterocycles. The van der Waals surface area contributed by atoms with E-state index >= 15 is 0 Å². The van der Waals surface area contributed by atoms with Gasteiger partial charge in [0.2, 0.25) is 0 Å². The molecule has 0 aromatic rings. The Bertz CT molecular complexity index is 262. The molecule has 1 spiro atoms. The molecule has 98 valence electrons. The van der Waals surface area contributed by atoms with E-state index < -0.39 is 0 Å². The Morgan fingerprint density at radius 2 is 2.00 bits per heavy atom. The highest BCUT2D eigenvalue weighted by Gasteiger charge is 2.44. The van der Waals surface area contributed by atoms with Crippen molar-refractivity contribution in [3.8, 4) is 0 Å². The summed E-state index contributed by atoms with van der Waals surface area (Å²) in [5, 5.41) is 10.1. The molecule has 0 saturated carbocycles. The fraction of sp³-hybridized carbons (Fsp3) is 1.00. The van der Waals surface area contributed by atoms with Crippen molar-refractivity contribution in [1.82, 2.24) is 0 Å². The van der Waals surface area contributed by atoms with Gasteiger partial charge in [0.05, 0.1) is 24.9 Å². The Morgan fingerprint density at radius 3 is 2.76 bits per heavy atom. The summed E-state index contributed by atoms with van der Waals surface area (Å²) >= 11 is 0. The lowest BCUT2D eigenvalue weighted by Crippen LogP contribution is -2.46. The Labute approximate surface area is 102 Å². The summed E-state index contributed by atoms with van der Waals surface area (Å²) in [6.45, 7) is 3.76. The Balaban J connectivity index is 1.66. The average Bonchev–Trinajstić information content (AvgIpc) is 2.78. The van der Waals surface area contributed by atoms with Gasteiger partial charge in [0.15, 0.2) is 0 Å². The van der Waals surface area contributed by atoms with Crippen LogP contribution < -0.4 is 0 Å². The molecule has 3 fully saturated rings. The van der Waals surface area contributed by atoms with E-state index in [1.54, 1.807) is 0 Å². The second kappa shape index (κ2) is 4.84. The van der Waals surface area contributed by atoms with Crippen LogP contribution in [-0.4, -0.2) is 49.8 Å². The molecule has 0 bridgehead atoms. The second-order valence-corrected chi connectivity index (χ2v) is 5.68. The van der Waals surface area contributed by atoms with Crippen LogP contribution in [0.4, 0.5) is 0 Å². The average molecular weight is 242 g/mol. The van der Waals surface area contributed by atoms with Gasteiger partial charge in [-0.1, -0.05) is 0 Å². The van der Waals surface area contributed by atoms with Crippen molar-refractivity contribution in [3.63, 3.8) is 0 Å². The van der Waals surface area contributed by atoms with Crippen molar-refractivity contribution in [2.24, 2.45) is 11.8 Å². The molecule has 3 aliphatic rings. The highest BCUT2D eigenvalue weighted by atomic mass is 16.6. The molecule has 4 unspecified atom stereocenters. The first-order valence-corrected chi connectivity index (χ1v) is 6.77. The normalized spacial score (nSPS) is 47.5. The number of hydrogen-bond acceptors (Lipinski definition) is 4. The molecule has 0 aromatic heterocycles. The van der Waals surface area contributed by atoms with Crippen molar-refractivity contribution in [2.75, 3.05) is 33.0 Å². The molecule has 3 rings (SSSR count). The minimum Gasteiger partial charge on any atom is -0.393 e. The monoisotopic (exact) mass is 242 g/mol. The molecule has 0 aromatic carbocycles. The van der Waals surface area contributed by atoms with Gasteiger partial charge < -0.3 is 19.3 Å². The summed E-state index contributed by atoms with van der Waals surface area (Å²) in [4.78, 5) is 0. The van der Waals surface area contributed by atoms with Crippen LogP contribution in [0.25, 0.3) is 0 Å². The van der Waals surface area contributed by atoms with Gasteiger partial charge in [-0.15, -0.1) is 0 Å². The van der Waals surface area contributed by atoms with E-state index in [1.165, 1.54) is 0 Å². The van der Waals surface area contributed by atoms with Crippen molar-refractivity contribution >= 4 is 0 Å². The lowest BCUT2D eigenvalue weighted by Gasteiger charge is -2.42. The summed E-state index contributed by atoms with van der Waals surface area (Å²) in [7, 11) is 0. The van der Waals surface area contributed by atoms with Crippen LogP contribution in [0.2, 0.25) is 0 Å². The van der Waals surface area contributed by atoms with Crippen LogP contribution in [0.3, 0.4) is 0 Å². The SMILES string of the molecule is OC1CCOCC1C1CCOC2(CCOC2)C1. The largest absolute Gasteiger partial charge is 0.393 e. The maximum absolute atomic E-state index is 10.1. The van der Waals surface area contributed by atoms with Gasteiger partial charge in [0.25, 0.3) is 0 Å². The maximum Gasteiger partial charge on any atom is 0.0939 e. The van der Waals surface area contributed by atoms with Gasteiger partial charge in [-0.3, -0.25) is 0 Å². The Kier molecular flexibility index (Phi) is 3.39. The summed E-state index contributed by atoms with van der Waals surface area (Å²) in [6, 6.07) is 0. The molecule has 0 amide bonds. The zero-order valence-electron chi connectivity index (χ0n) is 10.3. The molecule has 1 N–H and O–H groups in total. The van der Waals surface area contributed by atoms with E-state index in [-0.39, 0.29) is 11.7 Å². The fourth-order valence-corrected chi connectivity index (χ4v) is 3.49. The molecular formula is C13H22O4. The third-order valence-electron chi connectivity index (χ3n) is 4.57. The van der Waals surface area contributed by atoms with Crippen LogP contribution >= 0.6 is 0 Å². The second-order valence-electron chi connectivity index (χ2n) is 5.68. The molecule has 3 aliphatic heterocycles. The molecule has 4 heteroatoms. The third kappa shape index (κ3) is 2.36. The van der Waals surface area contributed by atoms with Gasteiger partial charge >= 0.3 is 0 Å². The number of ether oxygens (including phenoxy) is 3. The minimum absolute atomic E-state index is 0.0555. The summed E-state index contributed by atoms with van der Waals surface area (Å²) in [5.41, 5.74) is -0.0555. The van der Waals surface area contributed by atoms with Crippen molar-refractivity contribution in [2.45, 2.75) is 37.4 Å². The zero-order chi connectivity index (χ0) is 11.7. The van der Waals surface area contributed by atoms with Crippen molar-refractivity contribution < 1.29 is 19.3 Å². The highest BCUT2D eigenvalue weighted by Crippen LogP contribution is 2.40. The van der Waals surface area contributed by atoms with Crippen LogP contribution in [0.15, 0.2) is 0 Å². The molecule has 4 nitrogen and oxygen atoms in total. The molecule has 17 heavy (non-hydrogen) atoms. The van der Waals surface area contributed by atoms with Gasteiger partial charge in [-0.2, -0.15) is 0 Å². The van der Waals surface area contributed by atoms with Crippen molar-refractivity contribution in [1.29, 1.82) is 0 Å². The first-order valence-electron chi connectivity index (χ1n) is 6.77. The third-order valence-corrected chi connectivity index (χ3v) is 4.57. The first-order chi connectivity index (χ1) is 8.29. The standard InChI is InChI=1S/C13H22O4/c14-12-2-4-15-8-11(12)10-1-5-17-13(7-10)3-6-16-9-13/h10-12,14H,1-9H2. The fourth-order valence-electron chi connectivity index (χ4n) is 3.49. The molecule has 3 saturated heterocycles. The molecule has 0 aliphatic carbocycles. The summed E-state index contributed by atoms with van der Waals surface area (Å²) < 4.78 is 16.9. The number of aliphatic hydroxyl groups excluding tert-OH is 1. The van der Waals surface area contributed by atoms with E-state index in [1.807, 2.05) is 0 Å². The quantitative estimate of drug-likeness (QED) is 0.744. The lowest BCUT2D eigenvalue weighted by atomic mass is 9.75. The number of hydrogen-bond donors (Lipinski definition) is 1. The summed E-state index contributed by atoms with van der Waals surface area (Å²) in [6.07, 6.45) is 3.68. The number of aliphatic hydroxyl groups is 1. The zero-order valence-corrected chi connectivity index (χ0v) is 10.3. The predicted molar refractivity (Wildman–Crippen MR) is 61.8 cm³/mol. The topological polar surface area (TPSA) is 47.9 Å². The van der Waals surface area contributed by atoms with Gasteiger partial charge in [-0.25, -0.2) is 0 Å². The Hall–Kier alpha value is -0.160. The van der Waals surface area contributed by atoms with Gasteiger partial charge in [0, 0.05) is 32.2 Å². The predicted octanol–water partition coefficient (Wildman–Crippen LogP) is 0.969. The number of rotatable bonds is 1. The molecule has 4 atom stereocenters.